The maximum Gasteiger partial charge on any atom is 0.0900 e. The van der Waals surface area contributed by atoms with E-state index in [0.29, 0.717) is 24.0 Å². The Morgan fingerprint density at radius 3 is 2.61 bits per heavy atom. The highest BCUT2D eigenvalue weighted by molar-refractivity contribution is 7.11. The van der Waals surface area contributed by atoms with Crippen molar-refractivity contribution >= 4 is 11.3 Å². The number of rotatable bonds is 2. The van der Waals surface area contributed by atoms with Gasteiger partial charge in [0, 0.05) is 29.5 Å². The molecular formula is C14H25N3S. The number of thiazole rings is 1. The van der Waals surface area contributed by atoms with Crippen LogP contribution in [-0.2, 0) is 0 Å². The van der Waals surface area contributed by atoms with Crippen molar-refractivity contribution in [3.8, 4) is 0 Å². The molecule has 1 fully saturated rings. The summed E-state index contributed by atoms with van der Waals surface area (Å²) in [6.45, 7) is 12.2. The highest BCUT2D eigenvalue weighted by atomic mass is 32.1. The SMILES string of the molecule is Cc1nc(C)c(C(C)N2CCC(N)C(C)C2C)s1. The summed E-state index contributed by atoms with van der Waals surface area (Å²) in [7, 11) is 0. The van der Waals surface area contributed by atoms with Crippen LogP contribution in [-0.4, -0.2) is 28.5 Å². The van der Waals surface area contributed by atoms with Gasteiger partial charge in [-0.1, -0.05) is 6.92 Å². The summed E-state index contributed by atoms with van der Waals surface area (Å²) in [6.07, 6.45) is 1.10. The van der Waals surface area contributed by atoms with Gasteiger partial charge < -0.3 is 5.73 Å². The maximum absolute atomic E-state index is 6.17. The van der Waals surface area contributed by atoms with Gasteiger partial charge in [0.05, 0.1) is 10.7 Å². The lowest BCUT2D eigenvalue weighted by molar-refractivity contribution is 0.0637. The topological polar surface area (TPSA) is 42.2 Å². The standard InChI is InChI=1S/C14H25N3S/c1-8-10(3)17(7-6-13(8)15)11(4)14-9(2)16-12(5)18-14/h8,10-11,13H,6-7,15H2,1-5H3. The van der Waals surface area contributed by atoms with Gasteiger partial charge in [-0.15, -0.1) is 11.3 Å². The molecule has 2 N–H and O–H groups in total. The molecule has 3 nitrogen and oxygen atoms in total. The van der Waals surface area contributed by atoms with Gasteiger partial charge in [0.1, 0.15) is 0 Å². The molecule has 2 heterocycles. The van der Waals surface area contributed by atoms with Crippen LogP contribution in [0.2, 0.25) is 0 Å². The zero-order valence-electron chi connectivity index (χ0n) is 12.1. The fraction of sp³-hybridized carbons (Fsp3) is 0.786. The van der Waals surface area contributed by atoms with Crippen molar-refractivity contribution in [1.82, 2.24) is 9.88 Å². The number of aryl methyl sites for hydroxylation is 2. The van der Waals surface area contributed by atoms with Crippen LogP contribution in [0.1, 0.15) is 48.8 Å². The average molecular weight is 267 g/mol. The molecule has 4 unspecified atom stereocenters. The van der Waals surface area contributed by atoms with Gasteiger partial charge >= 0.3 is 0 Å². The van der Waals surface area contributed by atoms with E-state index in [2.05, 4.69) is 44.5 Å². The molecule has 4 atom stereocenters. The molecule has 0 aliphatic carbocycles. The quantitative estimate of drug-likeness (QED) is 0.896. The summed E-state index contributed by atoms with van der Waals surface area (Å²) in [5.41, 5.74) is 7.36. The highest BCUT2D eigenvalue weighted by Crippen LogP contribution is 2.34. The zero-order chi connectivity index (χ0) is 13.4. The molecule has 0 bridgehead atoms. The summed E-state index contributed by atoms with van der Waals surface area (Å²) in [4.78, 5) is 8.56. The van der Waals surface area contributed by atoms with E-state index in [1.54, 1.807) is 0 Å². The van der Waals surface area contributed by atoms with Gasteiger partial charge in [0.15, 0.2) is 0 Å². The van der Waals surface area contributed by atoms with Gasteiger partial charge in [0.2, 0.25) is 0 Å². The first-order chi connectivity index (χ1) is 8.41. The third-order valence-corrected chi connectivity index (χ3v) is 5.74. The molecule has 0 amide bonds. The summed E-state index contributed by atoms with van der Waals surface area (Å²) in [6, 6.07) is 1.36. The second-order valence-electron chi connectivity index (χ2n) is 5.65. The number of nitrogens with two attached hydrogens (primary N) is 1. The summed E-state index contributed by atoms with van der Waals surface area (Å²) in [5.74, 6) is 0.565. The zero-order valence-corrected chi connectivity index (χ0v) is 12.9. The predicted octanol–water partition coefficient (Wildman–Crippen LogP) is 2.88. The Bertz CT molecular complexity index is 415. The average Bonchev–Trinajstić information content (AvgIpc) is 2.65. The Kier molecular flexibility index (Phi) is 4.09. The first kappa shape index (κ1) is 14.0. The Labute approximate surface area is 114 Å². The van der Waals surface area contributed by atoms with Gasteiger partial charge in [0.25, 0.3) is 0 Å². The fourth-order valence-electron chi connectivity index (χ4n) is 3.06. The van der Waals surface area contributed by atoms with E-state index in [-0.39, 0.29) is 0 Å². The van der Waals surface area contributed by atoms with Crippen LogP contribution < -0.4 is 5.73 Å². The molecule has 1 aromatic rings. The van der Waals surface area contributed by atoms with Crippen molar-refractivity contribution < 1.29 is 0 Å². The van der Waals surface area contributed by atoms with Crippen LogP contribution in [0.4, 0.5) is 0 Å². The minimum absolute atomic E-state index is 0.354. The highest BCUT2D eigenvalue weighted by Gasteiger charge is 2.34. The largest absolute Gasteiger partial charge is 0.327 e. The van der Waals surface area contributed by atoms with Crippen LogP contribution >= 0.6 is 11.3 Å². The molecule has 1 aliphatic heterocycles. The molecule has 18 heavy (non-hydrogen) atoms. The molecule has 0 spiro atoms. The van der Waals surface area contributed by atoms with Crippen LogP contribution in [0, 0.1) is 19.8 Å². The second-order valence-corrected chi connectivity index (χ2v) is 6.88. The molecule has 0 saturated carbocycles. The molecule has 0 aromatic carbocycles. The van der Waals surface area contributed by atoms with Crippen LogP contribution in [0.5, 0.6) is 0 Å². The molecule has 102 valence electrons. The second kappa shape index (κ2) is 5.27. The predicted molar refractivity (Wildman–Crippen MR) is 77.9 cm³/mol. The molecule has 0 radical (unpaired) electrons. The van der Waals surface area contributed by atoms with E-state index < -0.39 is 0 Å². The van der Waals surface area contributed by atoms with Crippen LogP contribution in [0.3, 0.4) is 0 Å². The summed E-state index contributed by atoms with van der Waals surface area (Å²) < 4.78 is 0. The summed E-state index contributed by atoms with van der Waals surface area (Å²) >= 11 is 1.84. The van der Waals surface area contributed by atoms with E-state index >= 15 is 0 Å². The number of hydrogen-bond donors (Lipinski definition) is 1. The Hall–Kier alpha value is -0.450. The minimum atomic E-state index is 0.354. The lowest BCUT2D eigenvalue weighted by Crippen LogP contribution is -2.52. The van der Waals surface area contributed by atoms with Crippen molar-refractivity contribution in [1.29, 1.82) is 0 Å². The van der Waals surface area contributed by atoms with E-state index in [1.165, 1.54) is 15.6 Å². The van der Waals surface area contributed by atoms with Gasteiger partial charge in [-0.2, -0.15) is 0 Å². The molecule has 2 rings (SSSR count). The first-order valence-electron chi connectivity index (χ1n) is 6.87. The molecule has 1 aromatic heterocycles. The molecule has 1 aliphatic rings. The lowest BCUT2D eigenvalue weighted by atomic mass is 9.86. The van der Waals surface area contributed by atoms with E-state index in [4.69, 9.17) is 5.73 Å². The van der Waals surface area contributed by atoms with Crippen LogP contribution in [0.25, 0.3) is 0 Å². The maximum atomic E-state index is 6.17. The normalized spacial score (nSPS) is 31.6. The van der Waals surface area contributed by atoms with Crippen molar-refractivity contribution in [3.63, 3.8) is 0 Å². The number of piperidine rings is 1. The Morgan fingerprint density at radius 2 is 2.06 bits per heavy atom. The van der Waals surface area contributed by atoms with E-state index in [1.807, 2.05) is 11.3 Å². The molecular weight excluding hydrogens is 242 g/mol. The minimum Gasteiger partial charge on any atom is -0.327 e. The Balaban J connectivity index is 2.18. The third-order valence-electron chi connectivity index (χ3n) is 4.50. The monoisotopic (exact) mass is 267 g/mol. The lowest BCUT2D eigenvalue weighted by Gasteiger charge is -2.44. The number of nitrogens with zero attached hydrogens (tertiary/aromatic N) is 2. The van der Waals surface area contributed by atoms with Gasteiger partial charge in [-0.05, 0) is 40.0 Å². The number of hydrogen-bond acceptors (Lipinski definition) is 4. The molecule has 1 saturated heterocycles. The molecule has 4 heteroatoms. The third kappa shape index (κ3) is 2.46. The van der Waals surface area contributed by atoms with Gasteiger partial charge in [-0.25, -0.2) is 4.98 Å². The van der Waals surface area contributed by atoms with E-state index in [9.17, 15) is 0 Å². The van der Waals surface area contributed by atoms with Crippen molar-refractivity contribution in [2.45, 2.75) is 59.2 Å². The van der Waals surface area contributed by atoms with Crippen molar-refractivity contribution in [2.75, 3.05) is 6.54 Å². The number of likely N-dealkylation sites (tertiary alicyclic amines) is 1. The summed E-state index contributed by atoms with van der Waals surface area (Å²) in [5, 5.41) is 1.17. The van der Waals surface area contributed by atoms with Crippen LogP contribution in [0.15, 0.2) is 0 Å². The van der Waals surface area contributed by atoms with E-state index in [0.717, 1.165) is 13.0 Å². The van der Waals surface area contributed by atoms with Crippen molar-refractivity contribution in [2.24, 2.45) is 11.7 Å². The Morgan fingerprint density at radius 1 is 1.39 bits per heavy atom. The first-order valence-corrected chi connectivity index (χ1v) is 7.68. The smallest absolute Gasteiger partial charge is 0.0900 e. The van der Waals surface area contributed by atoms with Gasteiger partial charge in [-0.3, -0.25) is 4.90 Å². The fourth-order valence-corrected chi connectivity index (χ4v) is 4.06. The number of aromatic nitrogens is 1. The van der Waals surface area contributed by atoms with Crippen molar-refractivity contribution in [3.05, 3.63) is 15.6 Å².